The average molecular weight is 247 g/mol. The van der Waals surface area contributed by atoms with Crippen LogP contribution in [0.1, 0.15) is 19.4 Å². The monoisotopic (exact) mass is 247 g/mol. The molecular weight excluding hydrogens is 230 g/mol. The van der Waals surface area contributed by atoms with Crippen molar-refractivity contribution in [2.45, 2.75) is 20.8 Å². The lowest BCUT2D eigenvalue weighted by molar-refractivity contribution is 0.565. The molecule has 1 aromatic carbocycles. The van der Waals surface area contributed by atoms with Crippen molar-refractivity contribution in [3.8, 4) is 0 Å². The summed E-state index contributed by atoms with van der Waals surface area (Å²) < 4.78 is 0. The van der Waals surface area contributed by atoms with Gasteiger partial charge in [-0.05, 0) is 37.7 Å². The van der Waals surface area contributed by atoms with E-state index in [9.17, 15) is 9.59 Å². The van der Waals surface area contributed by atoms with Gasteiger partial charge in [0.1, 0.15) is 0 Å². The molecule has 0 saturated carbocycles. The minimum absolute atomic E-state index is 0.426. The van der Waals surface area contributed by atoms with Gasteiger partial charge in [0.2, 0.25) is 12.2 Å². The Morgan fingerprint density at radius 1 is 1.11 bits per heavy atom. The second kappa shape index (κ2) is 10.1. The van der Waals surface area contributed by atoms with Crippen LogP contribution >= 0.6 is 0 Å². The summed E-state index contributed by atoms with van der Waals surface area (Å²) in [4.78, 5) is 26.8. The van der Waals surface area contributed by atoms with E-state index in [0.29, 0.717) is 11.4 Å². The molecule has 0 aliphatic rings. The van der Waals surface area contributed by atoms with E-state index in [1.807, 2.05) is 0 Å². The molecular formula is C13H17N3O2. The molecule has 1 aromatic rings. The first-order valence-electron chi connectivity index (χ1n) is 5.66. The van der Waals surface area contributed by atoms with Crippen molar-refractivity contribution in [3.05, 3.63) is 23.8 Å². The van der Waals surface area contributed by atoms with E-state index in [1.165, 1.54) is 18.2 Å². The molecule has 0 aliphatic heterocycles. The van der Waals surface area contributed by atoms with Crippen LogP contribution in [0.5, 0.6) is 0 Å². The Morgan fingerprint density at radius 2 is 1.72 bits per heavy atom. The van der Waals surface area contributed by atoms with Gasteiger partial charge in [-0.15, -0.1) is 0 Å². The van der Waals surface area contributed by atoms with Crippen LogP contribution in [-0.4, -0.2) is 25.2 Å². The number of hydrogen-bond donors (Lipinski definition) is 1. The molecule has 0 atom stereocenters. The minimum atomic E-state index is 0.426. The third-order valence-corrected chi connectivity index (χ3v) is 2.03. The Labute approximate surface area is 107 Å². The van der Waals surface area contributed by atoms with Crippen LogP contribution in [0.3, 0.4) is 0 Å². The minimum Gasteiger partial charge on any atom is -0.317 e. The van der Waals surface area contributed by atoms with Crippen molar-refractivity contribution in [1.82, 2.24) is 5.32 Å². The number of nitrogens with one attached hydrogen (secondary N) is 1. The van der Waals surface area contributed by atoms with Crippen LogP contribution in [0, 0.1) is 6.92 Å². The smallest absolute Gasteiger partial charge is 0.240 e. The lowest BCUT2D eigenvalue weighted by Gasteiger charge is -1.97. The van der Waals surface area contributed by atoms with Crippen LogP contribution in [0.2, 0.25) is 0 Å². The molecule has 0 bridgehead atoms. The molecule has 18 heavy (non-hydrogen) atoms. The normalized spacial score (nSPS) is 8.39. The summed E-state index contributed by atoms with van der Waals surface area (Å²) >= 11 is 0. The number of rotatable bonds is 4. The maximum atomic E-state index is 10.00. The molecule has 0 radical (unpaired) electrons. The van der Waals surface area contributed by atoms with Crippen LogP contribution in [-0.2, 0) is 9.59 Å². The van der Waals surface area contributed by atoms with E-state index < -0.39 is 0 Å². The zero-order chi connectivity index (χ0) is 13.8. The molecule has 0 fully saturated rings. The molecule has 0 unspecified atom stereocenters. The fraction of sp³-hybridized carbons (Fsp3) is 0.385. The van der Waals surface area contributed by atoms with Crippen molar-refractivity contribution in [2.24, 2.45) is 9.98 Å². The van der Waals surface area contributed by atoms with Crippen LogP contribution < -0.4 is 5.32 Å². The van der Waals surface area contributed by atoms with Crippen molar-refractivity contribution in [3.63, 3.8) is 0 Å². The predicted octanol–water partition coefficient (Wildman–Crippen LogP) is 2.55. The van der Waals surface area contributed by atoms with E-state index >= 15 is 0 Å². The standard InChI is InChI=1S/C9H6N2O2.C4H11N/c1-7-2-3-8(10-5-12)4-9(7)11-6-13;1-3-5-4-2/h2-4H,1H3;5H,3-4H2,1-2H3. The zero-order valence-corrected chi connectivity index (χ0v) is 10.9. The molecule has 0 saturated heterocycles. The molecule has 0 spiro atoms. The van der Waals surface area contributed by atoms with Crippen molar-refractivity contribution >= 4 is 23.5 Å². The van der Waals surface area contributed by atoms with Crippen molar-refractivity contribution in [1.29, 1.82) is 0 Å². The van der Waals surface area contributed by atoms with E-state index in [1.54, 1.807) is 19.1 Å². The number of isocyanates is 2. The van der Waals surface area contributed by atoms with Gasteiger partial charge < -0.3 is 5.32 Å². The van der Waals surface area contributed by atoms with E-state index in [2.05, 4.69) is 29.1 Å². The Bertz CT molecular complexity index is 457. The molecule has 5 heteroatoms. The fourth-order valence-corrected chi connectivity index (χ4v) is 1.14. The Morgan fingerprint density at radius 3 is 2.17 bits per heavy atom. The summed E-state index contributed by atoms with van der Waals surface area (Å²) in [6, 6.07) is 4.88. The maximum absolute atomic E-state index is 10.00. The predicted molar refractivity (Wildman–Crippen MR) is 71.0 cm³/mol. The van der Waals surface area contributed by atoms with Crippen molar-refractivity contribution in [2.75, 3.05) is 13.1 Å². The number of aryl methyl sites for hydroxylation is 1. The first-order valence-corrected chi connectivity index (χ1v) is 5.66. The SMILES string of the molecule is CCNCC.Cc1ccc(N=C=O)cc1N=C=O. The molecule has 96 valence electrons. The molecule has 0 amide bonds. The van der Waals surface area contributed by atoms with Crippen molar-refractivity contribution < 1.29 is 9.59 Å². The Kier molecular flexibility index (Phi) is 8.96. The maximum Gasteiger partial charge on any atom is 0.240 e. The summed E-state index contributed by atoms with van der Waals surface area (Å²) in [5, 5.41) is 3.11. The largest absolute Gasteiger partial charge is 0.317 e. The second-order valence-electron chi connectivity index (χ2n) is 3.33. The van der Waals surface area contributed by atoms with Gasteiger partial charge in [0.25, 0.3) is 0 Å². The fourth-order valence-electron chi connectivity index (χ4n) is 1.14. The topological polar surface area (TPSA) is 70.9 Å². The van der Waals surface area contributed by atoms with Gasteiger partial charge in [0.05, 0.1) is 11.4 Å². The highest BCUT2D eigenvalue weighted by molar-refractivity contribution is 5.61. The van der Waals surface area contributed by atoms with E-state index in [0.717, 1.165) is 18.7 Å². The van der Waals surface area contributed by atoms with E-state index in [-0.39, 0.29) is 0 Å². The van der Waals surface area contributed by atoms with Gasteiger partial charge in [0.15, 0.2) is 0 Å². The Balaban J connectivity index is 0.000000494. The number of nitrogens with zero attached hydrogens (tertiary/aromatic N) is 2. The summed E-state index contributed by atoms with van der Waals surface area (Å²) in [6.07, 6.45) is 2.84. The zero-order valence-electron chi connectivity index (χ0n) is 10.9. The highest BCUT2D eigenvalue weighted by Crippen LogP contribution is 2.23. The number of benzene rings is 1. The number of hydrogen-bond acceptors (Lipinski definition) is 5. The molecule has 5 nitrogen and oxygen atoms in total. The summed E-state index contributed by atoms with van der Waals surface area (Å²) in [6.45, 7) is 8.19. The first-order chi connectivity index (χ1) is 8.69. The quantitative estimate of drug-likeness (QED) is 0.656. The summed E-state index contributed by atoms with van der Waals surface area (Å²) in [7, 11) is 0. The second-order valence-corrected chi connectivity index (χ2v) is 3.33. The number of carbonyl (C=O) groups excluding carboxylic acids is 2. The van der Waals surface area contributed by atoms with Crippen LogP contribution in [0.4, 0.5) is 11.4 Å². The number of aliphatic imine (C=N–C) groups is 2. The van der Waals surface area contributed by atoms with Crippen LogP contribution in [0.25, 0.3) is 0 Å². The lowest BCUT2D eigenvalue weighted by Crippen LogP contribution is -2.09. The highest BCUT2D eigenvalue weighted by Gasteiger charge is 1.97. The Hall–Kier alpha value is -2.06. The molecule has 0 aliphatic carbocycles. The highest BCUT2D eigenvalue weighted by atomic mass is 16.1. The van der Waals surface area contributed by atoms with Gasteiger partial charge in [-0.25, -0.2) is 9.59 Å². The summed E-state index contributed by atoms with van der Waals surface area (Å²) in [5.41, 5.74) is 1.72. The van der Waals surface area contributed by atoms with Gasteiger partial charge in [-0.2, -0.15) is 9.98 Å². The van der Waals surface area contributed by atoms with Gasteiger partial charge in [-0.3, -0.25) is 0 Å². The average Bonchev–Trinajstić information content (AvgIpc) is 2.36. The molecule has 1 rings (SSSR count). The molecule has 0 heterocycles. The first kappa shape index (κ1) is 15.9. The third-order valence-electron chi connectivity index (χ3n) is 2.03. The summed E-state index contributed by atoms with van der Waals surface area (Å²) in [5.74, 6) is 0. The van der Waals surface area contributed by atoms with Gasteiger partial charge >= 0.3 is 0 Å². The molecule has 0 aromatic heterocycles. The molecule has 1 N–H and O–H groups in total. The van der Waals surface area contributed by atoms with E-state index in [4.69, 9.17) is 0 Å². The van der Waals surface area contributed by atoms with Gasteiger partial charge in [-0.1, -0.05) is 19.9 Å². The third kappa shape index (κ3) is 6.51. The van der Waals surface area contributed by atoms with Gasteiger partial charge in [0, 0.05) is 0 Å². The lowest BCUT2D eigenvalue weighted by atomic mass is 10.2. The van der Waals surface area contributed by atoms with Crippen LogP contribution in [0.15, 0.2) is 28.2 Å².